The van der Waals surface area contributed by atoms with Gasteiger partial charge in [-0.25, -0.2) is 8.78 Å². The fourth-order valence-corrected chi connectivity index (χ4v) is 2.91. The van der Waals surface area contributed by atoms with E-state index in [1.165, 1.54) is 19.1 Å². The van der Waals surface area contributed by atoms with Gasteiger partial charge in [0, 0.05) is 5.56 Å². The molecular weight excluding hydrogens is 291 g/mol. The van der Waals surface area contributed by atoms with Crippen LogP contribution in [-0.4, -0.2) is 11.3 Å². The van der Waals surface area contributed by atoms with Crippen LogP contribution < -0.4 is 0 Å². The van der Waals surface area contributed by atoms with E-state index in [1.807, 2.05) is 0 Å². The van der Waals surface area contributed by atoms with E-state index in [9.17, 15) is 27.1 Å². The summed E-state index contributed by atoms with van der Waals surface area (Å²) >= 11 is 0. The second kappa shape index (κ2) is 5.91. The number of benzene rings is 1. The Morgan fingerprint density at radius 2 is 1.62 bits per heavy atom. The van der Waals surface area contributed by atoms with Crippen molar-refractivity contribution in [1.29, 1.82) is 0 Å². The third-order valence-electron chi connectivity index (χ3n) is 4.31. The van der Waals surface area contributed by atoms with Gasteiger partial charge in [0.05, 0.1) is 12.0 Å². The summed E-state index contributed by atoms with van der Waals surface area (Å²) in [5.74, 6) is -3.96. The molecule has 0 bridgehead atoms. The van der Waals surface area contributed by atoms with E-state index in [0.29, 0.717) is 0 Å². The lowest BCUT2D eigenvalue weighted by Crippen LogP contribution is -2.29. The first-order valence-corrected chi connectivity index (χ1v) is 6.91. The monoisotopic (exact) mass is 308 g/mol. The first kappa shape index (κ1) is 16.2. The zero-order chi connectivity index (χ0) is 15.8. The maximum atomic E-state index is 13.8. The second-order valence-electron chi connectivity index (χ2n) is 5.70. The standard InChI is InChI=1S/C15H17F5O/c1-8-2-7-11(13(17)12(8)16)14(21)9-3-5-10(6-4-9)15(18,19)20/h2,7,9-10,14,21H,3-6H2,1H3. The summed E-state index contributed by atoms with van der Waals surface area (Å²) in [5, 5.41) is 10.1. The molecule has 1 nitrogen and oxygen atoms in total. The van der Waals surface area contributed by atoms with Crippen LogP contribution in [0.5, 0.6) is 0 Å². The fourth-order valence-electron chi connectivity index (χ4n) is 2.91. The van der Waals surface area contributed by atoms with Gasteiger partial charge in [-0.1, -0.05) is 12.1 Å². The van der Waals surface area contributed by atoms with Crippen LogP contribution in [0.4, 0.5) is 22.0 Å². The van der Waals surface area contributed by atoms with Gasteiger partial charge in [-0.05, 0) is 44.1 Å². The SMILES string of the molecule is Cc1ccc(C(O)C2CCC(C(F)(F)F)CC2)c(F)c1F. The third-order valence-corrected chi connectivity index (χ3v) is 4.31. The van der Waals surface area contributed by atoms with Gasteiger partial charge in [0.15, 0.2) is 11.6 Å². The van der Waals surface area contributed by atoms with E-state index in [1.54, 1.807) is 0 Å². The summed E-state index contributed by atoms with van der Waals surface area (Å²) in [6.07, 6.45) is -5.35. The van der Waals surface area contributed by atoms with Crippen molar-refractivity contribution >= 4 is 0 Å². The Morgan fingerprint density at radius 3 is 2.14 bits per heavy atom. The number of aryl methyl sites for hydroxylation is 1. The van der Waals surface area contributed by atoms with Crippen LogP contribution in [0.25, 0.3) is 0 Å². The number of hydrogen-bond acceptors (Lipinski definition) is 1. The van der Waals surface area contributed by atoms with Gasteiger partial charge < -0.3 is 5.11 Å². The number of rotatable bonds is 2. The van der Waals surface area contributed by atoms with Gasteiger partial charge >= 0.3 is 6.18 Å². The largest absolute Gasteiger partial charge is 0.391 e. The number of hydrogen-bond donors (Lipinski definition) is 1. The van der Waals surface area contributed by atoms with Crippen molar-refractivity contribution in [3.05, 3.63) is 34.9 Å². The van der Waals surface area contributed by atoms with Crippen molar-refractivity contribution in [2.75, 3.05) is 0 Å². The van der Waals surface area contributed by atoms with Crippen molar-refractivity contribution in [2.24, 2.45) is 11.8 Å². The molecule has 1 aliphatic carbocycles. The minimum Gasteiger partial charge on any atom is -0.388 e. The summed E-state index contributed by atoms with van der Waals surface area (Å²) in [6.45, 7) is 1.41. The summed E-state index contributed by atoms with van der Waals surface area (Å²) in [4.78, 5) is 0. The van der Waals surface area contributed by atoms with Crippen LogP contribution in [0.15, 0.2) is 12.1 Å². The highest BCUT2D eigenvalue weighted by Gasteiger charge is 2.42. The van der Waals surface area contributed by atoms with Crippen LogP contribution >= 0.6 is 0 Å². The van der Waals surface area contributed by atoms with Crippen molar-refractivity contribution in [3.63, 3.8) is 0 Å². The van der Waals surface area contributed by atoms with Crippen molar-refractivity contribution < 1.29 is 27.1 Å². The first-order chi connectivity index (χ1) is 9.71. The molecule has 0 saturated heterocycles. The Hall–Kier alpha value is -1.17. The Balaban J connectivity index is 2.09. The lowest BCUT2D eigenvalue weighted by atomic mass is 9.77. The van der Waals surface area contributed by atoms with E-state index >= 15 is 0 Å². The summed E-state index contributed by atoms with van der Waals surface area (Å²) in [7, 11) is 0. The summed E-state index contributed by atoms with van der Waals surface area (Å²) in [6, 6.07) is 2.66. The quantitative estimate of drug-likeness (QED) is 0.787. The Bertz CT molecular complexity index is 504. The van der Waals surface area contributed by atoms with E-state index in [2.05, 4.69) is 0 Å². The average Bonchev–Trinajstić information content (AvgIpc) is 2.43. The smallest absolute Gasteiger partial charge is 0.388 e. The number of halogens is 5. The zero-order valence-corrected chi connectivity index (χ0v) is 11.6. The molecule has 1 aliphatic rings. The predicted molar refractivity (Wildman–Crippen MR) is 67.6 cm³/mol. The maximum Gasteiger partial charge on any atom is 0.391 e. The molecule has 1 fully saturated rings. The summed E-state index contributed by atoms with van der Waals surface area (Å²) in [5.41, 5.74) is -0.0437. The Morgan fingerprint density at radius 1 is 1.05 bits per heavy atom. The second-order valence-corrected chi connectivity index (χ2v) is 5.70. The molecule has 21 heavy (non-hydrogen) atoms. The molecule has 1 unspecified atom stereocenters. The number of alkyl halides is 3. The van der Waals surface area contributed by atoms with Gasteiger partial charge in [-0.15, -0.1) is 0 Å². The minimum absolute atomic E-state index is 0.0822. The Kier molecular flexibility index (Phi) is 4.56. The van der Waals surface area contributed by atoms with Gasteiger partial charge in [0.25, 0.3) is 0 Å². The van der Waals surface area contributed by atoms with Gasteiger partial charge in [0.2, 0.25) is 0 Å². The lowest BCUT2D eigenvalue weighted by molar-refractivity contribution is -0.185. The van der Waals surface area contributed by atoms with Crippen LogP contribution in [-0.2, 0) is 0 Å². The van der Waals surface area contributed by atoms with Crippen molar-refractivity contribution in [1.82, 2.24) is 0 Å². The lowest BCUT2D eigenvalue weighted by Gasteiger charge is -2.32. The van der Waals surface area contributed by atoms with Gasteiger partial charge in [0.1, 0.15) is 0 Å². The molecule has 1 N–H and O–H groups in total. The van der Waals surface area contributed by atoms with Gasteiger partial charge in [-0.3, -0.25) is 0 Å². The fraction of sp³-hybridized carbons (Fsp3) is 0.600. The third kappa shape index (κ3) is 3.36. The Labute approximate surface area is 119 Å². The van der Waals surface area contributed by atoms with E-state index in [-0.39, 0.29) is 36.8 Å². The molecule has 1 atom stereocenters. The number of aliphatic hydroxyl groups excluding tert-OH is 1. The molecule has 0 heterocycles. The number of aliphatic hydroxyl groups is 1. The molecule has 0 radical (unpaired) electrons. The van der Waals surface area contributed by atoms with E-state index < -0.39 is 35.8 Å². The van der Waals surface area contributed by atoms with Crippen LogP contribution in [0.2, 0.25) is 0 Å². The van der Waals surface area contributed by atoms with E-state index in [0.717, 1.165) is 0 Å². The van der Waals surface area contributed by atoms with Crippen LogP contribution in [0.1, 0.15) is 42.9 Å². The molecule has 1 aromatic carbocycles. The molecule has 1 aromatic rings. The average molecular weight is 308 g/mol. The van der Waals surface area contributed by atoms with Crippen LogP contribution in [0, 0.1) is 30.4 Å². The zero-order valence-electron chi connectivity index (χ0n) is 11.6. The molecule has 0 amide bonds. The maximum absolute atomic E-state index is 13.8. The van der Waals surface area contributed by atoms with Crippen molar-refractivity contribution in [3.8, 4) is 0 Å². The van der Waals surface area contributed by atoms with Crippen LogP contribution in [0.3, 0.4) is 0 Å². The first-order valence-electron chi connectivity index (χ1n) is 6.91. The molecule has 0 spiro atoms. The van der Waals surface area contributed by atoms with E-state index in [4.69, 9.17) is 0 Å². The summed E-state index contributed by atoms with van der Waals surface area (Å²) < 4.78 is 65.1. The highest BCUT2D eigenvalue weighted by Crippen LogP contribution is 2.43. The molecule has 2 rings (SSSR count). The minimum atomic E-state index is -4.23. The molecular formula is C15H17F5O. The van der Waals surface area contributed by atoms with Gasteiger partial charge in [-0.2, -0.15) is 13.2 Å². The molecule has 6 heteroatoms. The van der Waals surface area contributed by atoms with Crippen molar-refractivity contribution in [2.45, 2.75) is 44.9 Å². The topological polar surface area (TPSA) is 20.2 Å². The molecule has 0 aromatic heterocycles. The molecule has 1 saturated carbocycles. The predicted octanol–water partition coefficient (Wildman–Crippen LogP) is 4.68. The molecule has 118 valence electrons. The highest BCUT2D eigenvalue weighted by molar-refractivity contribution is 5.27. The molecule has 0 aliphatic heterocycles. The normalized spacial score (nSPS) is 24.9. The highest BCUT2D eigenvalue weighted by atomic mass is 19.4.